The minimum Gasteiger partial charge on any atom is -0.447 e. The van der Waals surface area contributed by atoms with E-state index in [9.17, 15) is 15.8 Å². The molecule has 2 aliphatic rings. The van der Waals surface area contributed by atoms with Crippen molar-refractivity contribution >= 4 is 5.90 Å². The Morgan fingerprint density at radius 3 is 2.08 bits per heavy atom. The van der Waals surface area contributed by atoms with Crippen LogP contribution in [0.4, 0.5) is 0 Å². The second kappa shape index (κ2) is 4.57. The largest absolute Gasteiger partial charge is 0.447 e. The molecule has 0 aliphatic carbocycles. The van der Waals surface area contributed by atoms with Crippen LogP contribution in [-0.4, -0.2) is 11.7 Å². The summed E-state index contributed by atoms with van der Waals surface area (Å²) >= 11 is 0. The molecule has 6 nitrogen and oxygen atoms in total. The number of fused-ring (bicyclic) bond motifs is 2. The molecule has 0 radical (unpaired) electrons. The van der Waals surface area contributed by atoms with E-state index in [1.165, 1.54) is 0 Å². The van der Waals surface area contributed by atoms with Gasteiger partial charge in [0.2, 0.25) is 17.1 Å². The summed E-state index contributed by atoms with van der Waals surface area (Å²) in [6.45, 7) is 5.04. The second-order valence-electron chi connectivity index (χ2n) is 6.80. The van der Waals surface area contributed by atoms with E-state index in [2.05, 4.69) is 6.07 Å². The van der Waals surface area contributed by atoms with Crippen molar-refractivity contribution in [3.05, 3.63) is 35.9 Å². The highest BCUT2D eigenvalue weighted by Gasteiger charge is 2.83. The normalized spacial score (nSPS) is 35.2. The van der Waals surface area contributed by atoms with Crippen molar-refractivity contribution in [1.29, 1.82) is 21.2 Å². The molecule has 0 aromatic heterocycles. The molecular formula is C18H16N4O2. The molecule has 0 unspecified atom stereocenters. The Labute approximate surface area is 140 Å². The van der Waals surface area contributed by atoms with Gasteiger partial charge in [-0.05, 0) is 5.56 Å². The molecule has 1 N–H and O–H groups in total. The molecule has 6 heteroatoms. The molecule has 2 saturated heterocycles. The van der Waals surface area contributed by atoms with Crippen molar-refractivity contribution in [2.45, 2.75) is 32.7 Å². The van der Waals surface area contributed by atoms with E-state index in [-0.39, 0.29) is 5.90 Å². The van der Waals surface area contributed by atoms with Crippen LogP contribution in [0.25, 0.3) is 0 Å². The molecule has 2 heterocycles. The van der Waals surface area contributed by atoms with Crippen molar-refractivity contribution < 1.29 is 9.47 Å². The maximum Gasteiger partial charge on any atom is 0.217 e. The number of hydrogen-bond acceptors (Lipinski definition) is 6. The Morgan fingerprint density at radius 2 is 1.58 bits per heavy atom. The average Bonchev–Trinajstić information content (AvgIpc) is 2.67. The number of rotatable bonds is 1. The van der Waals surface area contributed by atoms with Gasteiger partial charge in [0, 0.05) is 6.92 Å². The molecule has 2 bridgehead atoms. The molecule has 24 heavy (non-hydrogen) atoms. The lowest BCUT2D eigenvalue weighted by Gasteiger charge is -2.53. The van der Waals surface area contributed by atoms with Gasteiger partial charge in [-0.1, -0.05) is 44.2 Å². The third-order valence-electron chi connectivity index (χ3n) is 5.66. The Hall–Kier alpha value is -2.88. The lowest BCUT2D eigenvalue weighted by molar-refractivity contribution is -0.302. The van der Waals surface area contributed by atoms with E-state index >= 15 is 0 Å². The van der Waals surface area contributed by atoms with Gasteiger partial charge in [0.1, 0.15) is 6.10 Å². The first-order valence-electron chi connectivity index (χ1n) is 7.51. The van der Waals surface area contributed by atoms with Crippen molar-refractivity contribution in [3.8, 4) is 18.2 Å². The predicted octanol–water partition coefficient (Wildman–Crippen LogP) is 3.05. The van der Waals surface area contributed by atoms with Gasteiger partial charge in [-0.3, -0.25) is 5.41 Å². The van der Waals surface area contributed by atoms with Crippen LogP contribution in [0.5, 0.6) is 0 Å². The molecule has 2 fully saturated rings. The molecule has 0 amide bonds. The van der Waals surface area contributed by atoms with Gasteiger partial charge in [0.25, 0.3) is 0 Å². The second-order valence-corrected chi connectivity index (χ2v) is 6.80. The lowest BCUT2D eigenvalue weighted by atomic mass is 9.48. The van der Waals surface area contributed by atoms with E-state index in [0.717, 1.165) is 0 Å². The topological polar surface area (TPSA) is 114 Å². The fourth-order valence-electron chi connectivity index (χ4n) is 3.91. The summed E-state index contributed by atoms with van der Waals surface area (Å²) in [6, 6.07) is 14.9. The monoisotopic (exact) mass is 320 g/mol. The summed E-state index contributed by atoms with van der Waals surface area (Å²) in [5.74, 6) is -1.68. The number of ether oxygens (including phenoxy) is 2. The number of nitrogens with one attached hydrogen (secondary N) is 1. The third kappa shape index (κ3) is 1.39. The number of nitriles is 3. The Kier molecular flexibility index (Phi) is 3.05. The highest BCUT2D eigenvalue weighted by Crippen LogP contribution is 2.71. The van der Waals surface area contributed by atoms with Gasteiger partial charge in [0.15, 0.2) is 5.41 Å². The SMILES string of the molecule is CC1(C)[C@]2(C)OC(=N)[C@@]1(C#N)C(C#N)(C#N)[C@H](c1ccccc1)O2. The first-order chi connectivity index (χ1) is 11.3. The molecule has 3 atom stereocenters. The number of benzene rings is 1. The maximum atomic E-state index is 10.0. The van der Waals surface area contributed by atoms with Crippen LogP contribution in [0.2, 0.25) is 0 Å². The molecule has 2 aliphatic heterocycles. The quantitative estimate of drug-likeness (QED) is 0.854. The van der Waals surface area contributed by atoms with E-state index < -0.39 is 28.1 Å². The highest BCUT2D eigenvalue weighted by molar-refractivity contribution is 5.90. The van der Waals surface area contributed by atoms with Gasteiger partial charge >= 0.3 is 0 Å². The molecule has 3 rings (SSSR count). The summed E-state index contributed by atoms with van der Waals surface area (Å²) in [6.07, 6.45) is -1.01. The molecule has 0 spiro atoms. The summed E-state index contributed by atoms with van der Waals surface area (Å²) in [4.78, 5) is 0. The molecular weight excluding hydrogens is 304 g/mol. The van der Waals surface area contributed by atoms with Crippen molar-refractivity contribution in [2.24, 2.45) is 16.2 Å². The van der Waals surface area contributed by atoms with Crippen molar-refractivity contribution in [1.82, 2.24) is 0 Å². The summed E-state index contributed by atoms with van der Waals surface area (Å²) in [7, 11) is 0. The zero-order valence-corrected chi connectivity index (χ0v) is 13.6. The first kappa shape index (κ1) is 16.0. The summed E-state index contributed by atoms with van der Waals surface area (Å²) in [5, 5.41) is 38.3. The van der Waals surface area contributed by atoms with Gasteiger partial charge in [-0.2, -0.15) is 15.8 Å². The third-order valence-corrected chi connectivity index (χ3v) is 5.66. The lowest BCUT2D eigenvalue weighted by Crippen LogP contribution is -2.63. The smallest absolute Gasteiger partial charge is 0.217 e. The van der Waals surface area contributed by atoms with E-state index in [1.807, 2.05) is 18.2 Å². The zero-order chi connectivity index (χ0) is 17.8. The van der Waals surface area contributed by atoms with Gasteiger partial charge in [-0.15, -0.1) is 0 Å². The van der Waals surface area contributed by atoms with Gasteiger partial charge in [-0.25, -0.2) is 0 Å². The van der Waals surface area contributed by atoms with E-state index in [0.29, 0.717) is 5.56 Å². The van der Waals surface area contributed by atoms with Crippen LogP contribution in [0.15, 0.2) is 30.3 Å². The minimum atomic E-state index is -1.90. The van der Waals surface area contributed by atoms with Crippen LogP contribution in [-0.2, 0) is 9.47 Å². The van der Waals surface area contributed by atoms with Crippen LogP contribution >= 0.6 is 0 Å². The fraction of sp³-hybridized carbons (Fsp3) is 0.444. The average molecular weight is 320 g/mol. The van der Waals surface area contributed by atoms with E-state index in [4.69, 9.17) is 14.9 Å². The first-order valence-corrected chi connectivity index (χ1v) is 7.51. The van der Waals surface area contributed by atoms with E-state index in [1.54, 1.807) is 45.0 Å². The van der Waals surface area contributed by atoms with Crippen LogP contribution in [0, 0.1) is 55.6 Å². The van der Waals surface area contributed by atoms with Gasteiger partial charge in [0.05, 0.1) is 23.6 Å². The fourth-order valence-corrected chi connectivity index (χ4v) is 3.91. The van der Waals surface area contributed by atoms with Crippen molar-refractivity contribution in [2.75, 3.05) is 0 Å². The minimum absolute atomic E-state index is 0.390. The molecule has 120 valence electrons. The molecule has 0 saturated carbocycles. The number of hydrogen-bond donors (Lipinski definition) is 1. The Bertz CT molecular complexity index is 829. The van der Waals surface area contributed by atoms with Crippen LogP contribution < -0.4 is 0 Å². The van der Waals surface area contributed by atoms with Gasteiger partial charge < -0.3 is 9.47 Å². The predicted molar refractivity (Wildman–Crippen MR) is 83.0 cm³/mol. The highest BCUT2D eigenvalue weighted by atomic mass is 16.7. The standard InChI is InChI=1S/C18H16N4O2/c1-15(2)16(3)23-13(12-7-5-4-6-8-12)17(9-19,10-20)18(15,11-21)14(22)24-16/h4-8,13,22H,1-3H3/t13-,16-,18+/m0/s1. The summed E-state index contributed by atoms with van der Waals surface area (Å²) in [5.41, 5.74) is -4.11. The summed E-state index contributed by atoms with van der Waals surface area (Å²) < 4.78 is 11.7. The zero-order valence-electron chi connectivity index (χ0n) is 13.6. The number of nitrogens with zero attached hydrogens (tertiary/aromatic N) is 3. The molecule has 1 aromatic carbocycles. The Morgan fingerprint density at radius 1 is 1.00 bits per heavy atom. The van der Waals surface area contributed by atoms with Crippen LogP contribution in [0.3, 0.4) is 0 Å². The molecule has 1 aromatic rings. The maximum absolute atomic E-state index is 10.0. The van der Waals surface area contributed by atoms with Crippen LogP contribution in [0.1, 0.15) is 32.4 Å². The van der Waals surface area contributed by atoms with Crippen molar-refractivity contribution in [3.63, 3.8) is 0 Å². The Balaban J connectivity index is 2.39.